The van der Waals surface area contributed by atoms with Gasteiger partial charge in [-0.05, 0) is 11.6 Å². The summed E-state index contributed by atoms with van der Waals surface area (Å²) in [5, 5.41) is 3.36. The highest BCUT2D eigenvalue weighted by Gasteiger charge is 2.11. The minimum atomic E-state index is 0.623. The molecule has 1 aliphatic heterocycles. The second-order valence-electron chi connectivity index (χ2n) is 4.18. The van der Waals surface area contributed by atoms with E-state index in [-0.39, 0.29) is 0 Å². The Bertz CT molecular complexity index is 312. The van der Waals surface area contributed by atoms with Crippen molar-refractivity contribution in [3.8, 4) is 0 Å². The molecule has 15 heavy (non-hydrogen) atoms. The van der Waals surface area contributed by atoms with Gasteiger partial charge < -0.3 is 15.6 Å². The summed E-state index contributed by atoms with van der Waals surface area (Å²) in [6, 6.07) is 2.21. The summed E-state index contributed by atoms with van der Waals surface area (Å²) in [5.41, 5.74) is 8.24. The zero-order chi connectivity index (χ0) is 10.7. The van der Waals surface area contributed by atoms with E-state index in [0.717, 1.165) is 32.7 Å². The normalized spacial score (nSPS) is 18.3. The first-order chi connectivity index (χ1) is 7.29. The Hall–Kier alpha value is -0.840. The van der Waals surface area contributed by atoms with E-state index >= 15 is 0 Å². The summed E-state index contributed by atoms with van der Waals surface area (Å²) in [7, 11) is 2.06. The van der Waals surface area contributed by atoms with E-state index in [2.05, 4.69) is 34.1 Å². The highest BCUT2D eigenvalue weighted by molar-refractivity contribution is 5.18. The average Bonchev–Trinajstić information content (AvgIpc) is 2.60. The van der Waals surface area contributed by atoms with E-state index in [1.807, 2.05) is 0 Å². The van der Waals surface area contributed by atoms with Crippen molar-refractivity contribution in [2.45, 2.75) is 13.1 Å². The number of nitrogens with zero attached hydrogens (tertiary/aromatic N) is 2. The maximum atomic E-state index is 5.65. The van der Waals surface area contributed by atoms with Crippen molar-refractivity contribution in [1.29, 1.82) is 0 Å². The number of aromatic nitrogens is 1. The number of aryl methyl sites for hydroxylation is 1. The lowest BCUT2D eigenvalue weighted by Crippen LogP contribution is -2.42. The maximum Gasteiger partial charge on any atom is 0.0334 e. The Morgan fingerprint density at radius 1 is 1.40 bits per heavy atom. The fraction of sp³-hybridized carbons (Fsp3) is 0.636. The van der Waals surface area contributed by atoms with Crippen LogP contribution in [0.2, 0.25) is 0 Å². The molecule has 0 radical (unpaired) electrons. The zero-order valence-electron chi connectivity index (χ0n) is 9.37. The molecule has 0 atom stereocenters. The van der Waals surface area contributed by atoms with Crippen molar-refractivity contribution < 1.29 is 0 Å². The van der Waals surface area contributed by atoms with Crippen molar-refractivity contribution in [1.82, 2.24) is 14.8 Å². The smallest absolute Gasteiger partial charge is 0.0334 e. The molecule has 0 unspecified atom stereocenters. The molecule has 2 rings (SSSR count). The van der Waals surface area contributed by atoms with Crippen LogP contribution in [-0.2, 0) is 20.1 Å². The van der Waals surface area contributed by atoms with Crippen molar-refractivity contribution in [2.75, 3.05) is 26.2 Å². The summed E-state index contributed by atoms with van der Waals surface area (Å²) in [5.74, 6) is 0. The molecular weight excluding hydrogens is 188 g/mol. The van der Waals surface area contributed by atoms with Crippen LogP contribution in [0.1, 0.15) is 11.3 Å². The molecule has 1 aromatic heterocycles. The molecule has 0 aromatic carbocycles. The third-order valence-corrected chi connectivity index (χ3v) is 2.99. The molecule has 1 saturated heterocycles. The largest absolute Gasteiger partial charge is 0.353 e. The van der Waals surface area contributed by atoms with Crippen molar-refractivity contribution in [3.63, 3.8) is 0 Å². The van der Waals surface area contributed by atoms with E-state index in [1.54, 1.807) is 0 Å². The summed E-state index contributed by atoms with van der Waals surface area (Å²) >= 11 is 0. The van der Waals surface area contributed by atoms with E-state index < -0.39 is 0 Å². The van der Waals surface area contributed by atoms with E-state index in [1.165, 1.54) is 11.3 Å². The van der Waals surface area contributed by atoms with Crippen LogP contribution in [0.25, 0.3) is 0 Å². The summed E-state index contributed by atoms with van der Waals surface area (Å²) in [4.78, 5) is 2.48. The lowest BCUT2D eigenvalue weighted by molar-refractivity contribution is 0.233. The minimum Gasteiger partial charge on any atom is -0.353 e. The van der Waals surface area contributed by atoms with Crippen molar-refractivity contribution in [3.05, 3.63) is 23.5 Å². The maximum absolute atomic E-state index is 5.65. The Balaban J connectivity index is 1.97. The molecule has 3 N–H and O–H groups in total. The Labute approximate surface area is 91.0 Å². The van der Waals surface area contributed by atoms with Crippen LogP contribution in [0.3, 0.4) is 0 Å². The second-order valence-corrected chi connectivity index (χ2v) is 4.18. The molecule has 0 bridgehead atoms. The van der Waals surface area contributed by atoms with Gasteiger partial charge in [-0.1, -0.05) is 0 Å². The number of rotatable bonds is 3. The van der Waals surface area contributed by atoms with Crippen molar-refractivity contribution >= 4 is 0 Å². The van der Waals surface area contributed by atoms with Gasteiger partial charge in [0.15, 0.2) is 0 Å². The van der Waals surface area contributed by atoms with E-state index in [9.17, 15) is 0 Å². The van der Waals surface area contributed by atoms with Crippen LogP contribution >= 0.6 is 0 Å². The van der Waals surface area contributed by atoms with Gasteiger partial charge in [-0.3, -0.25) is 4.90 Å². The monoisotopic (exact) mass is 208 g/mol. The van der Waals surface area contributed by atoms with E-state index in [4.69, 9.17) is 5.73 Å². The van der Waals surface area contributed by atoms with Gasteiger partial charge in [0.2, 0.25) is 0 Å². The van der Waals surface area contributed by atoms with Gasteiger partial charge in [-0.25, -0.2) is 0 Å². The van der Waals surface area contributed by atoms with Gasteiger partial charge in [0.25, 0.3) is 0 Å². The molecule has 0 aliphatic carbocycles. The number of piperazine rings is 1. The predicted octanol–water partition coefficient (Wildman–Crippen LogP) is -0.111. The molecule has 1 aliphatic rings. The van der Waals surface area contributed by atoms with E-state index in [0.29, 0.717) is 6.54 Å². The van der Waals surface area contributed by atoms with Gasteiger partial charge in [0.05, 0.1) is 0 Å². The minimum absolute atomic E-state index is 0.623. The van der Waals surface area contributed by atoms with Crippen LogP contribution in [-0.4, -0.2) is 35.6 Å². The van der Waals surface area contributed by atoms with Gasteiger partial charge in [-0.15, -0.1) is 0 Å². The molecule has 2 heterocycles. The Morgan fingerprint density at radius 2 is 2.13 bits per heavy atom. The number of nitrogens with one attached hydrogen (secondary N) is 1. The fourth-order valence-corrected chi connectivity index (χ4v) is 2.10. The summed E-state index contributed by atoms with van der Waals surface area (Å²) in [6.45, 7) is 6.18. The van der Waals surface area contributed by atoms with Crippen LogP contribution < -0.4 is 11.1 Å². The number of hydrogen-bond acceptors (Lipinski definition) is 3. The summed E-state index contributed by atoms with van der Waals surface area (Å²) < 4.78 is 2.12. The molecule has 0 saturated carbocycles. The standard InChI is InChI=1S/C11H20N4/c1-14-8-10(6-11(14)7-12)9-15-4-2-13-3-5-15/h6,8,13H,2-5,7,9,12H2,1H3. The zero-order valence-corrected chi connectivity index (χ0v) is 9.37. The van der Waals surface area contributed by atoms with Crippen LogP contribution in [0.5, 0.6) is 0 Å². The fourth-order valence-electron chi connectivity index (χ4n) is 2.10. The summed E-state index contributed by atoms with van der Waals surface area (Å²) in [6.07, 6.45) is 2.18. The predicted molar refractivity (Wildman–Crippen MR) is 61.5 cm³/mol. The third-order valence-electron chi connectivity index (χ3n) is 2.99. The Morgan fingerprint density at radius 3 is 2.73 bits per heavy atom. The third kappa shape index (κ3) is 2.59. The second kappa shape index (κ2) is 4.79. The molecule has 1 aromatic rings. The topological polar surface area (TPSA) is 46.2 Å². The first-order valence-electron chi connectivity index (χ1n) is 5.57. The number of hydrogen-bond donors (Lipinski definition) is 2. The quantitative estimate of drug-likeness (QED) is 0.728. The van der Waals surface area contributed by atoms with Crippen molar-refractivity contribution in [2.24, 2.45) is 12.8 Å². The first-order valence-corrected chi connectivity index (χ1v) is 5.57. The molecule has 4 nitrogen and oxygen atoms in total. The van der Waals surface area contributed by atoms with Gasteiger partial charge in [-0.2, -0.15) is 0 Å². The molecule has 4 heteroatoms. The first kappa shape index (κ1) is 10.7. The molecule has 84 valence electrons. The average molecular weight is 208 g/mol. The molecular formula is C11H20N4. The molecule has 0 amide bonds. The van der Waals surface area contributed by atoms with Gasteiger partial charge in [0, 0.05) is 58.2 Å². The van der Waals surface area contributed by atoms with Gasteiger partial charge >= 0.3 is 0 Å². The number of nitrogens with two attached hydrogens (primary N) is 1. The van der Waals surface area contributed by atoms with Crippen LogP contribution in [0.15, 0.2) is 12.3 Å². The van der Waals surface area contributed by atoms with Crippen LogP contribution in [0.4, 0.5) is 0 Å². The lowest BCUT2D eigenvalue weighted by Gasteiger charge is -2.26. The molecule has 0 spiro atoms. The SMILES string of the molecule is Cn1cc(CN2CCNCC2)cc1CN. The highest BCUT2D eigenvalue weighted by atomic mass is 15.2. The van der Waals surface area contributed by atoms with Gasteiger partial charge in [0.1, 0.15) is 0 Å². The van der Waals surface area contributed by atoms with Crippen LogP contribution in [0, 0.1) is 0 Å². The highest BCUT2D eigenvalue weighted by Crippen LogP contribution is 2.10. The lowest BCUT2D eigenvalue weighted by atomic mass is 10.2. The Kier molecular flexibility index (Phi) is 3.41. The molecule has 1 fully saturated rings.